The molecule has 0 radical (unpaired) electrons. The molecule has 0 aromatic heterocycles. The molecular formula is C20H26N2O2. The Bertz CT molecular complexity index is 713. The Kier molecular flexibility index (Phi) is 5.99. The summed E-state index contributed by atoms with van der Waals surface area (Å²) in [4.78, 5) is 14.6. The van der Waals surface area contributed by atoms with Gasteiger partial charge >= 0.3 is 0 Å². The van der Waals surface area contributed by atoms with E-state index in [4.69, 9.17) is 4.74 Å². The molecule has 1 amide bonds. The summed E-state index contributed by atoms with van der Waals surface area (Å²) in [6.07, 6.45) is 0. The third-order valence-electron chi connectivity index (χ3n) is 4.32. The number of hydrogen-bond acceptors (Lipinski definition) is 3. The molecule has 1 N–H and O–H groups in total. The number of amides is 1. The Hall–Kier alpha value is -2.33. The van der Waals surface area contributed by atoms with E-state index in [1.807, 2.05) is 43.1 Å². The van der Waals surface area contributed by atoms with Crippen LogP contribution in [0.15, 0.2) is 42.5 Å². The number of nitrogens with one attached hydrogen (secondary N) is 1. The number of para-hydroxylation sites is 2. The molecule has 2 rings (SSSR count). The number of hydrogen-bond donors (Lipinski definition) is 1. The van der Waals surface area contributed by atoms with Gasteiger partial charge < -0.3 is 10.1 Å². The number of likely N-dealkylation sites (N-methyl/N-ethyl adjacent to an activating group) is 1. The van der Waals surface area contributed by atoms with E-state index in [1.54, 1.807) is 7.11 Å². The molecule has 4 heteroatoms. The van der Waals surface area contributed by atoms with Crippen LogP contribution in [0.4, 0.5) is 5.69 Å². The molecule has 2 aromatic carbocycles. The van der Waals surface area contributed by atoms with Crippen LogP contribution in [-0.2, 0) is 11.3 Å². The van der Waals surface area contributed by atoms with E-state index in [0.29, 0.717) is 11.4 Å². The van der Waals surface area contributed by atoms with Crippen LogP contribution in [0.25, 0.3) is 0 Å². The van der Waals surface area contributed by atoms with Gasteiger partial charge in [-0.1, -0.05) is 35.9 Å². The van der Waals surface area contributed by atoms with E-state index >= 15 is 0 Å². The lowest BCUT2D eigenvalue weighted by atomic mass is 10.0. The maximum atomic E-state index is 12.5. The van der Waals surface area contributed by atoms with E-state index < -0.39 is 0 Å². The van der Waals surface area contributed by atoms with E-state index in [0.717, 1.165) is 6.54 Å². The van der Waals surface area contributed by atoms with Gasteiger partial charge in [0, 0.05) is 6.54 Å². The van der Waals surface area contributed by atoms with E-state index in [9.17, 15) is 4.79 Å². The van der Waals surface area contributed by atoms with Gasteiger partial charge in [-0.2, -0.15) is 0 Å². The number of carbonyl (C=O) groups is 1. The lowest BCUT2D eigenvalue weighted by Gasteiger charge is -2.25. The fourth-order valence-corrected chi connectivity index (χ4v) is 2.61. The Balaban J connectivity index is 2.04. The summed E-state index contributed by atoms with van der Waals surface area (Å²) in [5.41, 5.74) is 4.43. The molecule has 0 aliphatic heterocycles. The number of anilines is 1. The zero-order chi connectivity index (χ0) is 17.7. The maximum absolute atomic E-state index is 12.5. The number of aryl methyl sites for hydroxylation is 2. The number of benzene rings is 2. The van der Waals surface area contributed by atoms with Crippen molar-refractivity contribution in [3.05, 3.63) is 59.2 Å². The van der Waals surface area contributed by atoms with Gasteiger partial charge in [-0.3, -0.25) is 9.69 Å². The molecule has 0 saturated carbocycles. The Labute approximate surface area is 144 Å². The summed E-state index contributed by atoms with van der Waals surface area (Å²) >= 11 is 0. The fourth-order valence-electron chi connectivity index (χ4n) is 2.61. The number of ether oxygens (including phenoxy) is 1. The Morgan fingerprint density at radius 3 is 2.58 bits per heavy atom. The van der Waals surface area contributed by atoms with Crippen molar-refractivity contribution in [2.45, 2.75) is 33.4 Å². The van der Waals surface area contributed by atoms with E-state index in [-0.39, 0.29) is 11.9 Å². The number of methoxy groups -OCH3 is 1. The normalized spacial score (nSPS) is 12.1. The highest BCUT2D eigenvalue weighted by molar-refractivity contribution is 5.95. The van der Waals surface area contributed by atoms with Crippen molar-refractivity contribution in [3.63, 3.8) is 0 Å². The van der Waals surface area contributed by atoms with Crippen LogP contribution >= 0.6 is 0 Å². The minimum absolute atomic E-state index is 0.0493. The number of nitrogens with zero attached hydrogens (tertiary/aromatic N) is 1. The van der Waals surface area contributed by atoms with Crippen molar-refractivity contribution >= 4 is 11.6 Å². The molecule has 1 atom stereocenters. The molecular weight excluding hydrogens is 300 g/mol. The van der Waals surface area contributed by atoms with Crippen LogP contribution in [-0.4, -0.2) is 31.0 Å². The first kappa shape index (κ1) is 18.0. The van der Waals surface area contributed by atoms with Gasteiger partial charge in [0.2, 0.25) is 5.91 Å². The smallest absolute Gasteiger partial charge is 0.241 e. The van der Waals surface area contributed by atoms with Crippen molar-refractivity contribution in [1.82, 2.24) is 4.90 Å². The lowest BCUT2D eigenvalue weighted by Crippen LogP contribution is -2.39. The van der Waals surface area contributed by atoms with E-state index in [2.05, 4.69) is 37.4 Å². The summed E-state index contributed by atoms with van der Waals surface area (Å²) in [5.74, 6) is 0.613. The number of rotatable bonds is 6. The predicted octanol–water partition coefficient (Wildman–Crippen LogP) is 3.77. The highest BCUT2D eigenvalue weighted by Gasteiger charge is 2.19. The minimum Gasteiger partial charge on any atom is -0.495 e. The second-order valence-electron chi connectivity index (χ2n) is 6.21. The molecule has 0 unspecified atom stereocenters. The Morgan fingerprint density at radius 2 is 1.92 bits per heavy atom. The molecule has 128 valence electrons. The summed E-state index contributed by atoms with van der Waals surface area (Å²) < 4.78 is 5.28. The van der Waals surface area contributed by atoms with Crippen LogP contribution in [0.3, 0.4) is 0 Å². The largest absolute Gasteiger partial charge is 0.495 e. The van der Waals surface area contributed by atoms with Crippen molar-refractivity contribution in [2.24, 2.45) is 0 Å². The molecule has 0 bridgehead atoms. The first-order valence-corrected chi connectivity index (χ1v) is 8.12. The average molecular weight is 326 g/mol. The van der Waals surface area contributed by atoms with Crippen LogP contribution in [0.1, 0.15) is 23.6 Å². The van der Waals surface area contributed by atoms with Crippen molar-refractivity contribution in [2.75, 3.05) is 19.5 Å². The quantitative estimate of drug-likeness (QED) is 0.878. The highest BCUT2D eigenvalue weighted by Crippen LogP contribution is 2.23. The van der Waals surface area contributed by atoms with Crippen molar-refractivity contribution < 1.29 is 9.53 Å². The van der Waals surface area contributed by atoms with Crippen LogP contribution in [0.5, 0.6) is 5.75 Å². The molecule has 0 heterocycles. The molecule has 0 aliphatic rings. The first-order valence-electron chi connectivity index (χ1n) is 8.12. The molecule has 0 saturated heterocycles. The van der Waals surface area contributed by atoms with Gasteiger partial charge in [-0.25, -0.2) is 0 Å². The second kappa shape index (κ2) is 7.97. The molecule has 2 aromatic rings. The van der Waals surface area contributed by atoms with Crippen molar-refractivity contribution in [1.29, 1.82) is 0 Å². The summed E-state index contributed by atoms with van der Waals surface area (Å²) in [6, 6.07) is 13.6. The third kappa shape index (κ3) is 4.36. The lowest BCUT2D eigenvalue weighted by molar-refractivity contribution is -0.120. The second-order valence-corrected chi connectivity index (χ2v) is 6.21. The van der Waals surface area contributed by atoms with Gasteiger partial charge in [0.05, 0.1) is 18.8 Å². The fraction of sp³-hybridized carbons (Fsp3) is 0.350. The molecule has 0 fully saturated rings. The topological polar surface area (TPSA) is 41.6 Å². The predicted molar refractivity (Wildman–Crippen MR) is 98.5 cm³/mol. The standard InChI is InChI=1S/C20H26N2O2/c1-14-10-11-17(15(2)12-14)13-22(4)16(3)20(23)21-18-8-6-7-9-19(18)24-5/h6-12,16H,13H2,1-5H3,(H,21,23)/t16-/m1/s1. The zero-order valence-corrected chi connectivity index (χ0v) is 15.1. The molecule has 4 nitrogen and oxygen atoms in total. The van der Waals surface area contributed by atoms with E-state index in [1.165, 1.54) is 16.7 Å². The summed E-state index contributed by atoms with van der Waals surface area (Å²) in [6.45, 7) is 6.83. The minimum atomic E-state index is -0.254. The Morgan fingerprint density at radius 1 is 1.21 bits per heavy atom. The summed E-state index contributed by atoms with van der Waals surface area (Å²) in [5, 5.41) is 2.95. The van der Waals surface area contributed by atoms with Gasteiger partial charge in [0.1, 0.15) is 5.75 Å². The molecule has 0 aliphatic carbocycles. The van der Waals surface area contributed by atoms with Gasteiger partial charge in [0.25, 0.3) is 0 Å². The highest BCUT2D eigenvalue weighted by atomic mass is 16.5. The first-order chi connectivity index (χ1) is 11.4. The van der Waals surface area contributed by atoms with Crippen molar-refractivity contribution in [3.8, 4) is 5.75 Å². The monoisotopic (exact) mass is 326 g/mol. The maximum Gasteiger partial charge on any atom is 0.241 e. The van der Waals surface area contributed by atoms with Gasteiger partial charge in [-0.05, 0) is 51.1 Å². The average Bonchev–Trinajstić information content (AvgIpc) is 2.57. The zero-order valence-electron chi connectivity index (χ0n) is 15.1. The summed E-state index contributed by atoms with van der Waals surface area (Å²) in [7, 11) is 3.56. The number of carbonyl (C=O) groups excluding carboxylic acids is 1. The molecule has 0 spiro atoms. The SMILES string of the molecule is COc1ccccc1NC(=O)[C@@H](C)N(C)Cc1ccc(C)cc1C. The van der Waals surface area contributed by atoms with Crippen LogP contribution in [0.2, 0.25) is 0 Å². The third-order valence-corrected chi connectivity index (χ3v) is 4.32. The van der Waals surface area contributed by atoms with Crippen LogP contribution < -0.4 is 10.1 Å². The van der Waals surface area contributed by atoms with Gasteiger partial charge in [-0.15, -0.1) is 0 Å². The van der Waals surface area contributed by atoms with Gasteiger partial charge in [0.15, 0.2) is 0 Å². The molecule has 24 heavy (non-hydrogen) atoms. The van der Waals surface area contributed by atoms with Crippen LogP contribution in [0, 0.1) is 13.8 Å².